The summed E-state index contributed by atoms with van der Waals surface area (Å²) in [4.78, 5) is 29.7. The number of nitrogens with one attached hydrogen (secondary N) is 1. The zero-order valence-corrected chi connectivity index (χ0v) is 20.8. The minimum Gasteiger partial charge on any atom is -0.336 e. The van der Waals surface area contributed by atoms with Crippen molar-refractivity contribution in [2.75, 3.05) is 26.2 Å². The van der Waals surface area contributed by atoms with Gasteiger partial charge in [-0.3, -0.25) is 14.6 Å². The fraction of sp³-hybridized carbons (Fsp3) is 0.238. The molecular formula is C21H18ClN9O5S. The standard InChI is InChI=1S/C21H18ClN9O5S/c1-12-13(11-23-31(12)21-24-19(32)15-3-2-6-30(15)25-21)20(33)28-7-9-29(10-8-28)37(34,35)16-5-4-14(22)17-18(16)27-36-26-17/h2-6,11H,7-10H2,1H3,(H,24,25,32). The highest BCUT2D eigenvalue weighted by Crippen LogP contribution is 2.29. The summed E-state index contributed by atoms with van der Waals surface area (Å²) < 4.78 is 35.4. The number of sulfonamides is 1. The minimum atomic E-state index is -3.93. The number of aromatic nitrogens is 7. The average molecular weight is 544 g/mol. The van der Waals surface area contributed by atoms with E-state index in [9.17, 15) is 18.0 Å². The molecule has 0 unspecified atom stereocenters. The number of amides is 1. The summed E-state index contributed by atoms with van der Waals surface area (Å²) >= 11 is 6.06. The molecule has 190 valence electrons. The number of piperazine rings is 1. The van der Waals surface area contributed by atoms with E-state index in [4.69, 9.17) is 11.6 Å². The monoisotopic (exact) mass is 543 g/mol. The Morgan fingerprint density at radius 3 is 2.65 bits per heavy atom. The number of carbonyl (C=O) groups excluding carboxylic acids is 1. The molecule has 0 saturated carbocycles. The Labute approximate surface area is 213 Å². The van der Waals surface area contributed by atoms with Crippen molar-refractivity contribution >= 4 is 44.1 Å². The molecule has 1 amide bonds. The third kappa shape index (κ3) is 3.70. The van der Waals surface area contributed by atoms with E-state index >= 15 is 0 Å². The van der Waals surface area contributed by atoms with E-state index in [-0.39, 0.29) is 64.5 Å². The van der Waals surface area contributed by atoms with E-state index in [2.05, 4.69) is 30.1 Å². The van der Waals surface area contributed by atoms with Gasteiger partial charge in [-0.2, -0.15) is 9.40 Å². The average Bonchev–Trinajstić information content (AvgIpc) is 3.64. The molecule has 1 aliphatic rings. The Balaban J connectivity index is 1.21. The van der Waals surface area contributed by atoms with Crippen molar-refractivity contribution in [1.29, 1.82) is 0 Å². The predicted octanol–water partition coefficient (Wildman–Crippen LogP) is 0.853. The van der Waals surface area contributed by atoms with Crippen LogP contribution in [0.1, 0.15) is 16.1 Å². The summed E-state index contributed by atoms with van der Waals surface area (Å²) in [5, 5.41) is 16.2. The summed E-state index contributed by atoms with van der Waals surface area (Å²) in [5.41, 5.74) is 1.07. The van der Waals surface area contributed by atoms with E-state index in [1.807, 2.05) is 0 Å². The normalized spacial score (nSPS) is 15.1. The van der Waals surface area contributed by atoms with Crippen molar-refractivity contribution in [1.82, 2.24) is 43.9 Å². The number of fused-ring (bicyclic) bond motifs is 2. The molecule has 4 aromatic heterocycles. The van der Waals surface area contributed by atoms with Crippen molar-refractivity contribution < 1.29 is 17.8 Å². The lowest BCUT2D eigenvalue weighted by Crippen LogP contribution is -2.50. The van der Waals surface area contributed by atoms with Crippen LogP contribution in [0.4, 0.5) is 0 Å². The SMILES string of the molecule is Cc1c(C(=O)N2CCN(S(=O)(=O)c3ccc(Cl)c4nonc34)CC2)cnn1-c1nn2cccc2c(=O)[nH]1. The number of halogens is 1. The first-order valence-corrected chi connectivity index (χ1v) is 12.9. The van der Waals surface area contributed by atoms with Gasteiger partial charge in [-0.15, -0.1) is 5.10 Å². The molecule has 0 radical (unpaired) electrons. The molecule has 6 rings (SSSR count). The molecule has 1 N–H and O–H groups in total. The van der Waals surface area contributed by atoms with Gasteiger partial charge >= 0.3 is 0 Å². The first-order valence-electron chi connectivity index (χ1n) is 11.1. The van der Waals surface area contributed by atoms with E-state index in [1.54, 1.807) is 30.2 Å². The van der Waals surface area contributed by atoms with Crippen LogP contribution < -0.4 is 5.56 Å². The van der Waals surface area contributed by atoms with Gasteiger partial charge in [0, 0.05) is 32.4 Å². The van der Waals surface area contributed by atoms with Gasteiger partial charge in [0.05, 0.1) is 22.5 Å². The number of rotatable bonds is 4. The second-order valence-electron chi connectivity index (χ2n) is 8.37. The van der Waals surface area contributed by atoms with Crippen molar-refractivity contribution in [2.24, 2.45) is 0 Å². The van der Waals surface area contributed by atoms with Crippen LogP contribution in [0.5, 0.6) is 0 Å². The van der Waals surface area contributed by atoms with Crippen molar-refractivity contribution in [2.45, 2.75) is 11.8 Å². The van der Waals surface area contributed by atoms with Crippen LogP contribution in [0.25, 0.3) is 22.5 Å². The second-order valence-corrected chi connectivity index (χ2v) is 10.7. The topological polar surface area (TPSA) is 165 Å². The Hall–Kier alpha value is -4.08. The third-order valence-electron chi connectivity index (χ3n) is 6.30. The highest BCUT2D eigenvalue weighted by Gasteiger charge is 2.33. The van der Waals surface area contributed by atoms with Gasteiger partial charge in [0.2, 0.25) is 16.0 Å². The fourth-order valence-corrected chi connectivity index (χ4v) is 6.05. The Morgan fingerprint density at radius 2 is 1.86 bits per heavy atom. The number of nitrogens with zero attached hydrogens (tertiary/aromatic N) is 8. The van der Waals surface area contributed by atoms with Gasteiger partial charge in [-0.05, 0) is 41.5 Å². The van der Waals surface area contributed by atoms with Crippen LogP contribution in [-0.4, -0.2) is 84.4 Å². The summed E-state index contributed by atoms with van der Waals surface area (Å²) in [6, 6.07) is 6.13. The number of benzene rings is 1. The molecule has 1 aliphatic heterocycles. The Bertz CT molecular complexity index is 1850. The van der Waals surface area contributed by atoms with Crippen LogP contribution in [0.15, 0.2) is 51.0 Å². The maximum absolute atomic E-state index is 13.3. The van der Waals surface area contributed by atoms with Gasteiger partial charge in [-0.1, -0.05) is 11.6 Å². The Kier molecular flexibility index (Phi) is 5.36. The van der Waals surface area contributed by atoms with Crippen LogP contribution in [0.3, 0.4) is 0 Å². The highest BCUT2D eigenvalue weighted by atomic mass is 35.5. The quantitative estimate of drug-likeness (QED) is 0.346. The number of hydrogen-bond donors (Lipinski definition) is 1. The molecule has 5 heterocycles. The molecule has 0 atom stereocenters. The molecule has 5 aromatic rings. The molecule has 1 aromatic carbocycles. The molecule has 0 aliphatic carbocycles. The minimum absolute atomic E-state index is 0.0544. The first-order chi connectivity index (χ1) is 17.8. The van der Waals surface area contributed by atoms with Gasteiger partial charge in [0.1, 0.15) is 10.4 Å². The van der Waals surface area contributed by atoms with Gasteiger partial charge in [0.25, 0.3) is 11.5 Å². The second kappa shape index (κ2) is 8.50. The lowest BCUT2D eigenvalue weighted by Gasteiger charge is -2.34. The summed E-state index contributed by atoms with van der Waals surface area (Å²) in [5.74, 6) is -0.141. The predicted molar refractivity (Wildman–Crippen MR) is 129 cm³/mol. The van der Waals surface area contributed by atoms with E-state index in [0.717, 1.165) is 0 Å². The number of aromatic amines is 1. The largest absolute Gasteiger partial charge is 0.336 e. The summed E-state index contributed by atoms with van der Waals surface area (Å²) in [6.45, 7) is 2.19. The smallest absolute Gasteiger partial charge is 0.276 e. The van der Waals surface area contributed by atoms with Crippen LogP contribution in [-0.2, 0) is 10.0 Å². The molecule has 14 nitrogen and oxygen atoms in total. The first kappa shape index (κ1) is 23.3. The fourth-order valence-electron chi connectivity index (χ4n) is 4.32. The molecular weight excluding hydrogens is 526 g/mol. The number of hydrogen-bond acceptors (Lipinski definition) is 9. The van der Waals surface area contributed by atoms with Crippen LogP contribution in [0.2, 0.25) is 5.02 Å². The summed E-state index contributed by atoms with van der Waals surface area (Å²) in [7, 11) is -3.93. The van der Waals surface area contributed by atoms with Crippen molar-refractivity contribution in [3.63, 3.8) is 0 Å². The van der Waals surface area contributed by atoms with Crippen LogP contribution in [0, 0.1) is 6.92 Å². The third-order valence-corrected chi connectivity index (χ3v) is 8.54. The molecule has 37 heavy (non-hydrogen) atoms. The lowest BCUT2D eigenvalue weighted by molar-refractivity contribution is 0.0697. The molecule has 1 saturated heterocycles. The molecule has 0 bridgehead atoms. The van der Waals surface area contributed by atoms with Crippen molar-refractivity contribution in [3.8, 4) is 5.95 Å². The van der Waals surface area contributed by atoms with E-state index in [0.29, 0.717) is 16.8 Å². The number of carbonyl (C=O) groups is 1. The van der Waals surface area contributed by atoms with Gasteiger partial charge in [0.15, 0.2) is 11.0 Å². The maximum Gasteiger partial charge on any atom is 0.276 e. The maximum atomic E-state index is 13.3. The molecule has 0 spiro atoms. The lowest BCUT2D eigenvalue weighted by atomic mass is 10.2. The molecule has 1 fully saturated rings. The van der Waals surface area contributed by atoms with Crippen molar-refractivity contribution in [3.05, 3.63) is 63.3 Å². The zero-order valence-electron chi connectivity index (χ0n) is 19.2. The number of H-pyrrole nitrogens is 1. The molecule has 16 heteroatoms. The van der Waals surface area contributed by atoms with E-state index < -0.39 is 10.0 Å². The zero-order chi connectivity index (χ0) is 25.9. The highest BCUT2D eigenvalue weighted by molar-refractivity contribution is 7.89. The van der Waals surface area contributed by atoms with Gasteiger partial charge < -0.3 is 4.90 Å². The van der Waals surface area contributed by atoms with E-state index in [1.165, 1.54) is 31.8 Å². The Morgan fingerprint density at radius 1 is 1.11 bits per heavy atom. The van der Waals surface area contributed by atoms with Gasteiger partial charge in [-0.25, -0.2) is 22.2 Å². The van der Waals surface area contributed by atoms with Crippen LogP contribution >= 0.6 is 11.6 Å². The summed E-state index contributed by atoms with van der Waals surface area (Å²) in [6.07, 6.45) is 3.04.